The number of halogens is 2. The van der Waals surface area contributed by atoms with Gasteiger partial charge in [0, 0.05) is 4.90 Å². The summed E-state index contributed by atoms with van der Waals surface area (Å²) >= 11 is 13.0. The average molecular weight is 223 g/mol. The van der Waals surface area contributed by atoms with Crippen molar-refractivity contribution >= 4 is 35.0 Å². The van der Waals surface area contributed by atoms with Crippen LogP contribution in [-0.4, -0.2) is 10.9 Å². The third-order valence-electron chi connectivity index (χ3n) is 1.30. The molecule has 0 fully saturated rings. The minimum Gasteiger partial charge on any atom is -0.505 e. The molecule has 0 aliphatic carbocycles. The molecule has 0 saturated carbocycles. The highest BCUT2D eigenvalue weighted by atomic mass is 35.5. The zero-order valence-corrected chi connectivity index (χ0v) is 8.80. The van der Waals surface area contributed by atoms with Crippen molar-refractivity contribution < 1.29 is 5.11 Å². The molecule has 4 heteroatoms. The Kier molecular flexibility index (Phi) is 3.56. The zero-order chi connectivity index (χ0) is 9.14. The second-order valence-electron chi connectivity index (χ2n) is 2.17. The van der Waals surface area contributed by atoms with Crippen molar-refractivity contribution in [2.75, 3.05) is 5.75 Å². The zero-order valence-electron chi connectivity index (χ0n) is 6.47. The van der Waals surface area contributed by atoms with Gasteiger partial charge in [-0.05, 0) is 17.9 Å². The summed E-state index contributed by atoms with van der Waals surface area (Å²) in [7, 11) is 0. The van der Waals surface area contributed by atoms with E-state index in [4.69, 9.17) is 23.2 Å². The first-order valence-electron chi connectivity index (χ1n) is 3.46. The molecule has 1 nitrogen and oxygen atoms in total. The van der Waals surface area contributed by atoms with Crippen molar-refractivity contribution in [1.29, 1.82) is 0 Å². The molecule has 0 unspecified atom stereocenters. The number of phenols is 1. The van der Waals surface area contributed by atoms with Gasteiger partial charge in [-0.2, -0.15) is 0 Å². The Hall–Kier alpha value is -0.0500. The molecule has 0 radical (unpaired) electrons. The van der Waals surface area contributed by atoms with E-state index >= 15 is 0 Å². The van der Waals surface area contributed by atoms with Gasteiger partial charge in [-0.1, -0.05) is 30.1 Å². The summed E-state index contributed by atoms with van der Waals surface area (Å²) in [6.45, 7) is 2.04. The Labute approximate surface area is 85.7 Å². The summed E-state index contributed by atoms with van der Waals surface area (Å²) in [4.78, 5) is 0.977. The molecule has 0 atom stereocenters. The van der Waals surface area contributed by atoms with Crippen LogP contribution in [0, 0.1) is 0 Å². The van der Waals surface area contributed by atoms with Gasteiger partial charge in [-0.3, -0.25) is 0 Å². The van der Waals surface area contributed by atoms with Gasteiger partial charge in [-0.15, -0.1) is 11.8 Å². The second-order valence-corrected chi connectivity index (χ2v) is 4.32. The maximum atomic E-state index is 9.23. The molecule has 1 aromatic rings. The predicted molar refractivity (Wildman–Crippen MR) is 54.5 cm³/mol. The highest BCUT2D eigenvalue weighted by molar-refractivity contribution is 7.99. The molecule has 12 heavy (non-hydrogen) atoms. The summed E-state index contributed by atoms with van der Waals surface area (Å²) in [5.74, 6) is 0.913. The lowest BCUT2D eigenvalue weighted by atomic mass is 10.3. The minimum absolute atomic E-state index is 0.0428. The van der Waals surface area contributed by atoms with Crippen molar-refractivity contribution in [3.63, 3.8) is 0 Å². The number of aromatic hydroxyl groups is 1. The molecule has 1 aromatic carbocycles. The first-order chi connectivity index (χ1) is 5.65. The van der Waals surface area contributed by atoms with Crippen LogP contribution in [-0.2, 0) is 0 Å². The van der Waals surface area contributed by atoms with Crippen molar-refractivity contribution in [2.45, 2.75) is 11.8 Å². The monoisotopic (exact) mass is 222 g/mol. The first-order valence-corrected chi connectivity index (χ1v) is 5.20. The standard InChI is InChI=1S/C8H8Cl2OS/c1-2-12-5-3-6(9)8(11)7(10)4-5/h3-4,11H,2H2,1H3. The van der Waals surface area contributed by atoms with Gasteiger partial charge < -0.3 is 5.11 Å². The van der Waals surface area contributed by atoms with Crippen LogP contribution in [0.2, 0.25) is 10.0 Å². The fraction of sp³-hybridized carbons (Fsp3) is 0.250. The molecule has 66 valence electrons. The Morgan fingerprint density at radius 3 is 2.25 bits per heavy atom. The summed E-state index contributed by atoms with van der Waals surface area (Å²) in [5, 5.41) is 9.83. The molecule has 0 spiro atoms. The largest absolute Gasteiger partial charge is 0.505 e. The van der Waals surface area contributed by atoms with E-state index in [1.807, 2.05) is 6.92 Å². The summed E-state index contributed by atoms with van der Waals surface area (Å²) in [6, 6.07) is 3.41. The molecule has 1 rings (SSSR count). The number of thioether (sulfide) groups is 1. The number of benzene rings is 1. The maximum absolute atomic E-state index is 9.23. The van der Waals surface area contributed by atoms with Gasteiger partial charge in [0.15, 0.2) is 5.75 Å². The van der Waals surface area contributed by atoms with Crippen LogP contribution in [0.15, 0.2) is 17.0 Å². The topological polar surface area (TPSA) is 20.2 Å². The minimum atomic E-state index is -0.0428. The Morgan fingerprint density at radius 2 is 1.83 bits per heavy atom. The molecular formula is C8H8Cl2OS. The Bertz CT molecular complexity index is 265. The normalized spacial score (nSPS) is 10.2. The molecule has 0 aliphatic heterocycles. The van der Waals surface area contributed by atoms with Crippen molar-refractivity contribution in [3.8, 4) is 5.75 Å². The Balaban J connectivity index is 3.04. The van der Waals surface area contributed by atoms with Crippen LogP contribution in [0.5, 0.6) is 5.75 Å². The van der Waals surface area contributed by atoms with Crippen molar-refractivity contribution in [3.05, 3.63) is 22.2 Å². The highest BCUT2D eigenvalue weighted by Gasteiger charge is 2.05. The van der Waals surface area contributed by atoms with E-state index in [1.54, 1.807) is 23.9 Å². The van der Waals surface area contributed by atoms with Crippen molar-refractivity contribution in [2.24, 2.45) is 0 Å². The van der Waals surface area contributed by atoms with E-state index in [1.165, 1.54) is 0 Å². The van der Waals surface area contributed by atoms with Crippen LogP contribution in [0.1, 0.15) is 6.92 Å². The lowest BCUT2D eigenvalue weighted by Crippen LogP contribution is -1.76. The number of rotatable bonds is 2. The Morgan fingerprint density at radius 1 is 1.33 bits per heavy atom. The van der Waals surface area contributed by atoms with Crippen LogP contribution >= 0.6 is 35.0 Å². The third kappa shape index (κ3) is 2.22. The molecule has 1 N–H and O–H groups in total. The predicted octanol–water partition coefficient (Wildman–Crippen LogP) is 3.81. The van der Waals surface area contributed by atoms with E-state index in [0.29, 0.717) is 10.0 Å². The van der Waals surface area contributed by atoms with Gasteiger partial charge in [-0.25, -0.2) is 0 Å². The molecule has 0 amide bonds. The molecule has 0 aromatic heterocycles. The fourth-order valence-electron chi connectivity index (χ4n) is 0.792. The maximum Gasteiger partial charge on any atom is 0.152 e. The second kappa shape index (κ2) is 4.26. The number of hydrogen-bond donors (Lipinski definition) is 1. The van der Waals surface area contributed by atoms with Crippen LogP contribution < -0.4 is 0 Å². The van der Waals surface area contributed by atoms with E-state index in [9.17, 15) is 5.11 Å². The lowest BCUT2D eigenvalue weighted by molar-refractivity contribution is 0.475. The molecular weight excluding hydrogens is 215 g/mol. The van der Waals surface area contributed by atoms with Gasteiger partial charge in [0.25, 0.3) is 0 Å². The van der Waals surface area contributed by atoms with Crippen LogP contribution in [0.25, 0.3) is 0 Å². The summed E-state index contributed by atoms with van der Waals surface area (Å²) < 4.78 is 0. The quantitative estimate of drug-likeness (QED) is 0.769. The molecule has 0 heterocycles. The van der Waals surface area contributed by atoms with Crippen LogP contribution in [0.3, 0.4) is 0 Å². The van der Waals surface area contributed by atoms with E-state index in [0.717, 1.165) is 10.6 Å². The summed E-state index contributed by atoms with van der Waals surface area (Å²) in [5.41, 5.74) is 0. The molecule has 0 saturated heterocycles. The number of phenolic OH excluding ortho intramolecular Hbond substituents is 1. The van der Waals surface area contributed by atoms with E-state index in [-0.39, 0.29) is 5.75 Å². The smallest absolute Gasteiger partial charge is 0.152 e. The fourth-order valence-corrected chi connectivity index (χ4v) is 2.14. The van der Waals surface area contributed by atoms with Crippen LogP contribution in [0.4, 0.5) is 0 Å². The third-order valence-corrected chi connectivity index (χ3v) is 2.74. The number of hydrogen-bond acceptors (Lipinski definition) is 2. The average Bonchev–Trinajstić information content (AvgIpc) is 2.01. The lowest BCUT2D eigenvalue weighted by Gasteiger charge is -2.03. The van der Waals surface area contributed by atoms with E-state index < -0.39 is 0 Å². The highest BCUT2D eigenvalue weighted by Crippen LogP contribution is 2.35. The van der Waals surface area contributed by atoms with Gasteiger partial charge in [0.1, 0.15) is 0 Å². The first kappa shape index (κ1) is 10.0. The molecule has 0 bridgehead atoms. The van der Waals surface area contributed by atoms with E-state index in [2.05, 4.69) is 0 Å². The van der Waals surface area contributed by atoms with Gasteiger partial charge in [0.05, 0.1) is 10.0 Å². The van der Waals surface area contributed by atoms with Gasteiger partial charge in [0.2, 0.25) is 0 Å². The summed E-state index contributed by atoms with van der Waals surface area (Å²) in [6.07, 6.45) is 0. The SMILES string of the molecule is CCSc1cc(Cl)c(O)c(Cl)c1. The van der Waals surface area contributed by atoms with Gasteiger partial charge >= 0.3 is 0 Å². The van der Waals surface area contributed by atoms with Crippen molar-refractivity contribution in [1.82, 2.24) is 0 Å². The molecule has 0 aliphatic rings.